The molecule has 0 unspecified atom stereocenters. The van der Waals surface area contributed by atoms with E-state index in [-0.39, 0.29) is 0 Å². The Morgan fingerprint density at radius 3 is 2.69 bits per heavy atom. The summed E-state index contributed by atoms with van der Waals surface area (Å²) >= 11 is 1.69. The van der Waals surface area contributed by atoms with E-state index in [1.54, 1.807) is 11.3 Å². The van der Waals surface area contributed by atoms with Crippen molar-refractivity contribution < 1.29 is 0 Å². The Morgan fingerprint density at radius 1 is 1.06 bits per heavy atom. The third kappa shape index (κ3) is 4.78. The molecule has 0 saturated heterocycles. The molecule has 35 heavy (non-hydrogen) atoms. The van der Waals surface area contributed by atoms with Crippen LogP contribution in [0.15, 0.2) is 70.7 Å². The second-order valence-electron chi connectivity index (χ2n) is 8.80. The highest BCUT2D eigenvalue weighted by Crippen LogP contribution is 2.30. The predicted octanol–water partition coefficient (Wildman–Crippen LogP) is 5.98. The second kappa shape index (κ2) is 9.90. The zero-order valence-electron chi connectivity index (χ0n) is 20.4. The Morgan fingerprint density at radius 2 is 1.91 bits per heavy atom. The quantitative estimate of drug-likeness (QED) is 0.291. The largest absolute Gasteiger partial charge is 0.337 e. The van der Waals surface area contributed by atoms with Gasteiger partial charge in [-0.25, -0.2) is 4.98 Å². The van der Waals surface area contributed by atoms with E-state index in [9.17, 15) is 0 Å². The fourth-order valence-electron chi connectivity index (χ4n) is 4.27. The number of nitrogens with one attached hydrogen (secondary N) is 1. The molecule has 0 bridgehead atoms. The van der Waals surface area contributed by atoms with Gasteiger partial charge in [0.2, 0.25) is 0 Å². The van der Waals surface area contributed by atoms with Crippen molar-refractivity contribution in [3.63, 3.8) is 0 Å². The van der Waals surface area contributed by atoms with Crippen molar-refractivity contribution in [2.45, 2.75) is 20.4 Å². The molecule has 0 aliphatic carbocycles. The number of fused-ring (bicyclic) bond motifs is 1. The monoisotopic (exact) mass is 480 g/mol. The lowest BCUT2D eigenvalue weighted by Gasteiger charge is -2.12. The van der Waals surface area contributed by atoms with Gasteiger partial charge >= 0.3 is 0 Å². The third-order valence-electron chi connectivity index (χ3n) is 5.85. The van der Waals surface area contributed by atoms with Crippen molar-refractivity contribution in [3.05, 3.63) is 88.4 Å². The number of pyridine rings is 2. The zero-order valence-corrected chi connectivity index (χ0v) is 21.2. The Labute approximate surface area is 209 Å². The molecule has 4 heterocycles. The maximum absolute atomic E-state index is 5.03. The van der Waals surface area contributed by atoms with E-state index in [1.165, 1.54) is 5.56 Å². The lowest BCUT2D eigenvalue weighted by molar-refractivity contribution is 0.402. The molecule has 0 saturated carbocycles. The summed E-state index contributed by atoms with van der Waals surface area (Å²) in [6.45, 7) is 5.54. The summed E-state index contributed by atoms with van der Waals surface area (Å²) in [5.41, 5.74) is 10.2. The van der Waals surface area contributed by atoms with E-state index in [4.69, 9.17) is 15.0 Å². The van der Waals surface area contributed by atoms with Crippen molar-refractivity contribution in [2.24, 2.45) is 4.99 Å². The highest BCUT2D eigenvalue weighted by atomic mass is 32.1. The van der Waals surface area contributed by atoms with Gasteiger partial charge in [-0.1, -0.05) is 12.1 Å². The molecule has 176 valence electrons. The minimum atomic E-state index is 0.646. The van der Waals surface area contributed by atoms with Crippen LogP contribution in [0.2, 0.25) is 0 Å². The first-order valence-electron chi connectivity index (χ1n) is 11.7. The van der Waals surface area contributed by atoms with E-state index < -0.39 is 0 Å². The lowest BCUT2D eigenvalue weighted by Crippen LogP contribution is -2.11. The molecule has 0 aliphatic heterocycles. The standard InChI is InChI=1S/C28H28N6S/c1-5-30-27(28-32-25-8-6-7-23(26(25)33-28)20-9-10-35-17-20)24-12-22(15-31-18(24)2)21-11-19(13-29-14-21)16-34(3)4/h6-15,17H,5,16H2,1-4H3,(H,32,33). The molecule has 5 rings (SSSR count). The molecule has 1 aromatic carbocycles. The van der Waals surface area contributed by atoms with Gasteiger partial charge in [0.25, 0.3) is 0 Å². The molecular formula is C28H28N6S. The van der Waals surface area contributed by atoms with Gasteiger partial charge < -0.3 is 9.88 Å². The maximum atomic E-state index is 5.03. The maximum Gasteiger partial charge on any atom is 0.157 e. The topological polar surface area (TPSA) is 70.1 Å². The van der Waals surface area contributed by atoms with Crippen LogP contribution in [0.1, 0.15) is 29.6 Å². The van der Waals surface area contributed by atoms with Crippen molar-refractivity contribution in [3.8, 4) is 22.3 Å². The second-order valence-corrected chi connectivity index (χ2v) is 9.58. The van der Waals surface area contributed by atoms with Crippen molar-refractivity contribution in [1.82, 2.24) is 24.8 Å². The zero-order chi connectivity index (χ0) is 24.4. The molecule has 5 aromatic rings. The molecule has 0 fully saturated rings. The van der Waals surface area contributed by atoms with E-state index in [2.05, 4.69) is 76.1 Å². The number of aromatic nitrogens is 4. The first-order valence-corrected chi connectivity index (χ1v) is 12.6. The van der Waals surface area contributed by atoms with Crippen LogP contribution in [0.25, 0.3) is 33.3 Å². The van der Waals surface area contributed by atoms with E-state index in [1.807, 2.05) is 32.4 Å². The molecule has 0 spiro atoms. The molecule has 1 N–H and O–H groups in total. The Hall–Kier alpha value is -3.68. The fraction of sp³-hybridized carbons (Fsp3) is 0.214. The number of hydrogen-bond donors (Lipinski definition) is 1. The van der Waals surface area contributed by atoms with Crippen LogP contribution in [0, 0.1) is 6.92 Å². The summed E-state index contributed by atoms with van der Waals surface area (Å²) in [6, 6.07) is 12.7. The number of aliphatic imine (C=N–C) groups is 1. The van der Waals surface area contributed by atoms with Gasteiger partial charge in [0.1, 0.15) is 5.71 Å². The van der Waals surface area contributed by atoms with Crippen LogP contribution in [0.5, 0.6) is 0 Å². The number of thiophene rings is 1. The van der Waals surface area contributed by atoms with Crippen LogP contribution in [-0.2, 0) is 6.54 Å². The van der Waals surface area contributed by atoms with Gasteiger partial charge in [-0.05, 0) is 74.1 Å². The van der Waals surface area contributed by atoms with Gasteiger partial charge in [0.05, 0.1) is 11.0 Å². The minimum Gasteiger partial charge on any atom is -0.337 e. The van der Waals surface area contributed by atoms with Gasteiger partial charge in [-0.3, -0.25) is 15.0 Å². The SMILES string of the molecule is CCN=C(c1nc2c(-c3ccsc3)cccc2[nH]1)c1cc(-c2cncc(CN(C)C)c2)cnc1C. The van der Waals surface area contributed by atoms with Crippen LogP contribution in [0.4, 0.5) is 0 Å². The summed E-state index contributed by atoms with van der Waals surface area (Å²) in [7, 11) is 4.12. The molecule has 0 atom stereocenters. The van der Waals surface area contributed by atoms with Crippen LogP contribution in [0.3, 0.4) is 0 Å². The number of aromatic amines is 1. The number of hydrogen-bond acceptors (Lipinski definition) is 6. The van der Waals surface area contributed by atoms with Crippen molar-refractivity contribution >= 4 is 28.1 Å². The van der Waals surface area contributed by atoms with Gasteiger partial charge in [-0.2, -0.15) is 11.3 Å². The Balaban J connectivity index is 1.60. The van der Waals surface area contributed by atoms with Crippen LogP contribution >= 0.6 is 11.3 Å². The Kier molecular flexibility index (Phi) is 6.53. The third-order valence-corrected chi connectivity index (χ3v) is 6.54. The van der Waals surface area contributed by atoms with Crippen molar-refractivity contribution in [1.29, 1.82) is 0 Å². The summed E-state index contributed by atoms with van der Waals surface area (Å²) in [5.74, 6) is 0.756. The molecule has 0 radical (unpaired) electrons. The van der Waals surface area contributed by atoms with Gasteiger partial charge in [-0.15, -0.1) is 0 Å². The molecule has 0 aliphatic rings. The van der Waals surface area contributed by atoms with E-state index >= 15 is 0 Å². The molecule has 0 amide bonds. The lowest BCUT2D eigenvalue weighted by atomic mass is 10.0. The average molecular weight is 481 g/mol. The number of nitrogens with zero attached hydrogens (tertiary/aromatic N) is 5. The van der Waals surface area contributed by atoms with Crippen LogP contribution < -0.4 is 0 Å². The number of H-pyrrole nitrogens is 1. The molecule has 4 aromatic heterocycles. The number of benzene rings is 1. The Bertz CT molecular complexity index is 1500. The summed E-state index contributed by atoms with van der Waals surface area (Å²) in [4.78, 5) is 24.7. The summed E-state index contributed by atoms with van der Waals surface area (Å²) < 4.78 is 0. The smallest absolute Gasteiger partial charge is 0.157 e. The van der Waals surface area contributed by atoms with Crippen molar-refractivity contribution in [2.75, 3.05) is 20.6 Å². The predicted molar refractivity (Wildman–Crippen MR) is 145 cm³/mol. The summed E-state index contributed by atoms with van der Waals surface area (Å²) in [5, 5.41) is 4.24. The van der Waals surface area contributed by atoms with Gasteiger partial charge in [0, 0.05) is 59.6 Å². The first kappa shape index (κ1) is 23.1. The van der Waals surface area contributed by atoms with Crippen LogP contribution in [-0.4, -0.2) is 51.2 Å². The average Bonchev–Trinajstić information content (AvgIpc) is 3.53. The summed E-state index contributed by atoms with van der Waals surface area (Å²) in [6.07, 6.45) is 5.71. The number of rotatable bonds is 7. The minimum absolute atomic E-state index is 0.646. The molecular weight excluding hydrogens is 452 g/mol. The molecule has 6 nitrogen and oxygen atoms in total. The number of aryl methyl sites for hydroxylation is 1. The fourth-order valence-corrected chi connectivity index (χ4v) is 4.92. The highest BCUT2D eigenvalue weighted by molar-refractivity contribution is 7.08. The normalized spacial score (nSPS) is 12.1. The van der Waals surface area contributed by atoms with Gasteiger partial charge in [0.15, 0.2) is 5.82 Å². The van der Waals surface area contributed by atoms with E-state index in [0.717, 1.165) is 62.6 Å². The molecule has 7 heteroatoms. The first-order chi connectivity index (χ1) is 17.0. The number of para-hydroxylation sites is 1. The van der Waals surface area contributed by atoms with E-state index in [0.29, 0.717) is 6.54 Å². The number of imidazole rings is 1. The highest BCUT2D eigenvalue weighted by Gasteiger charge is 2.18.